The van der Waals surface area contributed by atoms with Crippen LogP contribution in [0.5, 0.6) is 5.75 Å². The molecule has 2 aliphatic heterocycles. The zero-order valence-corrected chi connectivity index (χ0v) is 16.0. The van der Waals surface area contributed by atoms with Gasteiger partial charge in [-0.25, -0.2) is 18.4 Å². The Hall–Kier alpha value is -2.23. The van der Waals surface area contributed by atoms with Crippen LogP contribution in [-0.4, -0.2) is 62.6 Å². The monoisotopic (exact) mass is 390 g/mol. The minimum Gasteiger partial charge on any atom is -0.497 e. The molecule has 144 valence electrons. The van der Waals surface area contributed by atoms with Crippen molar-refractivity contribution in [1.82, 2.24) is 14.3 Å². The van der Waals surface area contributed by atoms with Crippen molar-refractivity contribution in [2.24, 2.45) is 0 Å². The molecule has 1 fully saturated rings. The number of anilines is 1. The van der Waals surface area contributed by atoms with Crippen LogP contribution in [0.25, 0.3) is 0 Å². The van der Waals surface area contributed by atoms with Gasteiger partial charge in [0.25, 0.3) is 0 Å². The van der Waals surface area contributed by atoms with Gasteiger partial charge in [0.2, 0.25) is 16.0 Å². The topological polar surface area (TPSA) is 84.9 Å². The van der Waals surface area contributed by atoms with Crippen molar-refractivity contribution in [2.45, 2.75) is 17.9 Å². The van der Waals surface area contributed by atoms with Crippen LogP contribution in [0.1, 0.15) is 11.3 Å². The molecular formula is C18H22N4O4S. The molecule has 0 N–H and O–H groups in total. The van der Waals surface area contributed by atoms with Gasteiger partial charge >= 0.3 is 0 Å². The highest BCUT2D eigenvalue weighted by Gasteiger charge is 2.30. The standard InChI is InChI=1S/C18H22N4O4S/c1-25-15-3-2-4-16(11-15)27(23,24)22-6-5-14-12-19-18(20-17(14)13-22)21-7-9-26-10-8-21/h2-4,11-12H,5-10,13H2,1H3. The average Bonchev–Trinajstić information content (AvgIpc) is 2.73. The maximum atomic E-state index is 13.1. The number of rotatable bonds is 4. The van der Waals surface area contributed by atoms with Gasteiger partial charge in [0.15, 0.2) is 0 Å². The third kappa shape index (κ3) is 3.62. The van der Waals surface area contributed by atoms with Crippen molar-refractivity contribution >= 4 is 16.0 Å². The number of methoxy groups -OCH3 is 1. The van der Waals surface area contributed by atoms with Crippen LogP contribution >= 0.6 is 0 Å². The first-order valence-corrected chi connectivity index (χ1v) is 10.3. The van der Waals surface area contributed by atoms with Crippen molar-refractivity contribution in [1.29, 1.82) is 0 Å². The maximum absolute atomic E-state index is 13.1. The van der Waals surface area contributed by atoms with E-state index in [2.05, 4.69) is 14.9 Å². The molecule has 0 spiro atoms. The smallest absolute Gasteiger partial charge is 0.243 e. The van der Waals surface area contributed by atoms with Gasteiger partial charge in [-0.05, 0) is 24.1 Å². The summed E-state index contributed by atoms with van der Waals surface area (Å²) in [6.07, 6.45) is 2.42. The number of sulfonamides is 1. The summed E-state index contributed by atoms with van der Waals surface area (Å²) in [6, 6.07) is 6.55. The number of ether oxygens (including phenoxy) is 2. The maximum Gasteiger partial charge on any atom is 0.243 e. The summed E-state index contributed by atoms with van der Waals surface area (Å²) in [7, 11) is -2.09. The van der Waals surface area contributed by atoms with Crippen LogP contribution in [0.4, 0.5) is 5.95 Å². The summed E-state index contributed by atoms with van der Waals surface area (Å²) in [6.45, 7) is 3.43. The normalized spacial score (nSPS) is 18.2. The van der Waals surface area contributed by atoms with Crippen LogP contribution in [0.15, 0.2) is 35.4 Å². The third-order valence-corrected chi connectivity index (χ3v) is 6.71. The lowest BCUT2D eigenvalue weighted by Gasteiger charge is -2.30. The summed E-state index contributed by atoms with van der Waals surface area (Å²) in [5.74, 6) is 1.16. The van der Waals surface area contributed by atoms with Crippen LogP contribution in [0.3, 0.4) is 0 Å². The molecule has 1 saturated heterocycles. The molecule has 0 saturated carbocycles. The highest BCUT2D eigenvalue weighted by atomic mass is 32.2. The van der Waals surface area contributed by atoms with Gasteiger partial charge in [0.1, 0.15) is 5.75 Å². The van der Waals surface area contributed by atoms with E-state index in [0.29, 0.717) is 37.9 Å². The average molecular weight is 390 g/mol. The van der Waals surface area contributed by atoms with E-state index in [1.165, 1.54) is 11.4 Å². The van der Waals surface area contributed by atoms with E-state index in [9.17, 15) is 8.42 Å². The van der Waals surface area contributed by atoms with Gasteiger partial charge in [0.05, 0.1) is 37.5 Å². The first-order valence-electron chi connectivity index (χ1n) is 8.89. The molecule has 1 aromatic carbocycles. The Labute approximate surface area is 158 Å². The number of hydrogen-bond donors (Lipinski definition) is 0. The summed E-state index contributed by atoms with van der Waals surface area (Å²) in [5.41, 5.74) is 1.77. The lowest BCUT2D eigenvalue weighted by Crippen LogP contribution is -2.39. The molecule has 0 unspecified atom stereocenters. The molecule has 2 aliphatic rings. The van der Waals surface area contributed by atoms with E-state index in [-0.39, 0.29) is 11.4 Å². The quantitative estimate of drug-likeness (QED) is 0.772. The molecule has 3 heterocycles. The SMILES string of the molecule is COc1cccc(S(=O)(=O)N2CCc3cnc(N4CCOCC4)nc3C2)c1. The van der Waals surface area contributed by atoms with E-state index in [4.69, 9.17) is 9.47 Å². The lowest BCUT2D eigenvalue weighted by atomic mass is 10.1. The number of aromatic nitrogens is 2. The Balaban J connectivity index is 1.59. The molecule has 0 aliphatic carbocycles. The Morgan fingerprint density at radius 3 is 2.78 bits per heavy atom. The Morgan fingerprint density at radius 2 is 2.00 bits per heavy atom. The minimum absolute atomic E-state index is 0.229. The van der Waals surface area contributed by atoms with Gasteiger partial charge in [0, 0.05) is 31.9 Å². The summed E-state index contributed by atoms with van der Waals surface area (Å²) >= 11 is 0. The molecule has 0 radical (unpaired) electrons. The molecule has 0 bridgehead atoms. The third-order valence-electron chi connectivity index (χ3n) is 4.87. The Morgan fingerprint density at radius 1 is 1.19 bits per heavy atom. The Bertz CT molecular complexity index is 929. The predicted molar refractivity (Wildman–Crippen MR) is 99.4 cm³/mol. The first-order chi connectivity index (χ1) is 13.1. The van der Waals surface area contributed by atoms with Crippen molar-refractivity contribution in [2.75, 3.05) is 44.9 Å². The fourth-order valence-electron chi connectivity index (χ4n) is 3.30. The number of nitrogens with zero attached hydrogens (tertiary/aromatic N) is 4. The lowest BCUT2D eigenvalue weighted by molar-refractivity contribution is 0.122. The molecule has 2 aromatic rings. The van der Waals surface area contributed by atoms with E-state index in [1.54, 1.807) is 24.3 Å². The Kier molecular flexibility index (Phi) is 4.98. The van der Waals surface area contributed by atoms with Gasteiger partial charge in [-0.1, -0.05) is 6.07 Å². The van der Waals surface area contributed by atoms with Crippen LogP contribution in [-0.2, 0) is 27.7 Å². The molecular weight excluding hydrogens is 368 g/mol. The molecule has 4 rings (SSSR count). The van der Waals surface area contributed by atoms with Gasteiger partial charge in [-0.3, -0.25) is 0 Å². The highest BCUT2D eigenvalue weighted by molar-refractivity contribution is 7.89. The summed E-state index contributed by atoms with van der Waals surface area (Å²) in [4.78, 5) is 11.4. The number of hydrogen-bond acceptors (Lipinski definition) is 7. The second-order valence-corrected chi connectivity index (χ2v) is 8.45. The summed E-state index contributed by atoms with van der Waals surface area (Å²) < 4.78 is 38.1. The molecule has 0 atom stereocenters. The van der Waals surface area contributed by atoms with Crippen LogP contribution in [0.2, 0.25) is 0 Å². The molecule has 9 heteroatoms. The predicted octanol–water partition coefficient (Wildman–Crippen LogP) is 1.07. The fourth-order valence-corrected chi connectivity index (χ4v) is 4.74. The number of morpholine rings is 1. The molecule has 0 amide bonds. The van der Waals surface area contributed by atoms with E-state index in [1.807, 2.05) is 6.20 Å². The molecule has 8 nitrogen and oxygen atoms in total. The van der Waals surface area contributed by atoms with Crippen molar-refractivity contribution in [3.8, 4) is 5.75 Å². The first kappa shape index (κ1) is 18.1. The van der Waals surface area contributed by atoms with Gasteiger partial charge in [-0.15, -0.1) is 0 Å². The molecule has 1 aromatic heterocycles. The largest absolute Gasteiger partial charge is 0.497 e. The van der Waals surface area contributed by atoms with E-state index in [0.717, 1.165) is 24.3 Å². The fraction of sp³-hybridized carbons (Fsp3) is 0.444. The zero-order valence-electron chi connectivity index (χ0n) is 15.2. The minimum atomic E-state index is -3.62. The highest BCUT2D eigenvalue weighted by Crippen LogP contribution is 2.26. The van der Waals surface area contributed by atoms with Gasteiger partial charge in [-0.2, -0.15) is 4.31 Å². The molecule has 27 heavy (non-hydrogen) atoms. The van der Waals surface area contributed by atoms with Crippen LogP contribution in [0, 0.1) is 0 Å². The van der Waals surface area contributed by atoms with E-state index >= 15 is 0 Å². The second-order valence-electron chi connectivity index (χ2n) is 6.51. The van der Waals surface area contributed by atoms with Crippen molar-refractivity contribution in [3.63, 3.8) is 0 Å². The second kappa shape index (κ2) is 7.41. The summed E-state index contributed by atoms with van der Waals surface area (Å²) in [5, 5.41) is 0. The van der Waals surface area contributed by atoms with Gasteiger partial charge < -0.3 is 14.4 Å². The van der Waals surface area contributed by atoms with Crippen LogP contribution < -0.4 is 9.64 Å². The number of benzene rings is 1. The van der Waals surface area contributed by atoms with Crippen molar-refractivity contribution < 1.29 is 17.9 Å². The number of fused-ring (bicyclic) bond motifs is 1. The van der Waals surface area contributed by atoms with Crippen molar-refractivity contribution in [3.05, 3.63) is 41.7 Å². The zero-order chi connectivity index (χ0) is 18.9. The van der Waals surface area contributed by atoms with E-state index < -0.39 is 10.0 Å².